The van der Waals surface area contributed by atoms with Crippen molar-refractivity contribution in [2.24, 2.45) is 13.0 Å². The highest BCUT2D eigenvalue weighted by atomic mass is 35.5. The predicted octanol–water partition coefficient (Wildman–Crippen LogP) is 6.71. The Hall–Kier alpha value is -1.92. The molecule has 5 nitrogen and oxygen atoms in total. The van der Waals surface area contributed by atoms with Crippen molar-refractivity contribution in [3.05, 3.63) is 67.2 Å². The highest BCUT2D eigenvalue weighted by molar-refractivity contribution is 6.39. The van der Waals surface area contributed by atoms with E-state index in [2.05, 4.69) is 0 Å². The summed E-state index contributed by atoms with van der Waals surface area (Å²) in [5.74, 6) is -0.879. The quantitative estimate of drug-likeness (QED) is 0.401. The average Bonchev–Trinajstić information content (AvgIpc) is 3.07. The third-order valence-corrected chi connectivity index (χ3v) is 7.63. The number of aryl methyl sites for hydroxylation is 1. The Morgan fingerprint density at radius 3 is 2.39 bits per heavy atom. The first-order chi connectivity index (χ1) is 15.7. The first-order valence-corrected chi connectivity index (χ1v) is 12.1. The lowest BCUT2D eigenvalue weighted by Crippen LogP contribution is -2.39. The maximum Gasteiger partial charge on any atom is 0.303 e. The zero-order chi connectivity index (χ0) is 23.9. The molecule has 0 bridgehead atoms. The van der Waals surface area contributed by atoms with Crippen molar-refractivity contribution in [1.82, 2.24) is 9.47 Å². The summed E-state index contributed by atoms with van der Waals surface area (Å²) in [5, 5.41) is 11.8. The van der Waals surface area contributed by atoms with Gasteiger partial charge in [0.05, 0.1) is 21.1 Å². The standard InChI is InChI=1S/C24H22Cl4N2O3/c1-29-15(11-17-20(27)9-14(25)10-21(17)29)12-18-19(26)3-2-16(23(18)28)24(33)30-6-4-13(5-7-30)8-22(31)32/h2-3,9-11,13H,4-8,12H2,1H3,(H,31,32). The minimum absolute atomic E-state index is 0.0922. The highest BCUT2D eigenvalue weighted by Gasteiger charge is 2.27. The smallest absolute Gasteiger partial charge is 0.303 e. The fourth-order valence-electron chi connectivity index (χ4n) is 4.44. The second kappa shape index (κ2) is 9.75. The van der Waals surface area contributed by atoms with E-state index in [4.69, 9.17) is 51.5 Å². The van der Waals surface area contributed by atoms with Crippen molar-refractivity contribution >= 4 is 69.2 Å². The van der Waals surface area contributed by atoms with E-state index >= 15 is 0 Å². The lowest BCUT2D eigenvalue weighted by molar-refractivity contribution is -0.138. The number of carboxylic acid groups (broad SMARTS) is 1. The van der Waals surface area contributed by atoms with Crippen LogP contribution < -0.4 is 0 Å². The number of nitrogens with zero attached hydrogens (tertiary/aromatic N) is 2. The molecule has 0 radical (unpaired) electrons. The summed E-state index contributed by atoms with van der Waals surface area (Å²) in [4.78, 5) is 25.9. The fraction of sp³-hybridized carbons (Fsp3) is 0.333. The number of aromatic nitrogens is 1. The molecular formula is C24H22Cl4N2O3. The molecule has 3 aromatic rings. The van der Waals surface area contributed by atoms with E-state index in [1.165, 1.54) is 0 Å². The van der Waals surface area contributed by atoms with Gasteiger partial charge in [-0.3, -0.25) is 9.59 Å². The molecule has 1 aliphatic heterocycles. The van der Waals surface area contributed by atoms with Crippen molar-refractivity contribution in [3.63, 3.8) is 0 Å². The number of hydrogen-bond acceptors (Lipinski definition) is 2. The Labute approximate surface area is 211 Å². The van der Waals surface area contributed by atoms with Gasteiger partial charge in [0.25, 0.3) is 5.91 Å². The number of halogens is 4. The van der Waals surface area contributed by atoms with Crippen LogP contribution >= 0.6 is 46.4 Å². The molecule has 1 N–H and O–H groups in total. The van der Waals surface area contributed by atoms with Gasteiger partial charge >= 0.3 is 5.97 Å². The summed E-state index contributed by atoms with van der Waals surface area (Å²) in [6.45, 7) is 1.01. The van der Waals surface area contributed by atoms with E-state index in [9.17, 15) is 9.59 Å². The number of fused-ring (bicyclic) bond motifs is 1. The second-order valence-electron chi connectivity index (χ2n) is 8.41. The lowest BCUT2D eigenvalue weighted by atomic mass is 9.93. The van der Waals surface area contributed by atoms with Gasteiger partial charge in [-0.1, -0.05) is 46.4 Å². The fourth-order valence-corrected chi connectivity index (χ4v) is 5.57. The normalized spacial score (nSPS) is 14.8. The molecule has 0 spiro atoms. The monoisotopic (exact) mass is 526 g/mol. The summed E-state index contributed by atoms with van der Waals surface area (Å²) >= 11 is 25.8. The molecule has 0 saturated carbocycles. The number of amides is 1. The zero-order valence-electron chi connectivity index (χ0n) is 17.9. The summed E-state index contributed by atoms with van der Waals surface area (Å²) in [7, 11) is 1.92. The van der Waals surface area contributed by atoms with Crippen LogP contribution in [0.25, 0.3) is 10.9 Å². The summed E-state index contributed by atoms with van der Waals surface area (Å²) in [5.41, 5.74) is 2.88. The molecule has 1 saturated heterocycles. The number of aliphatic carboxylic acids is 1. The summed E-state index contributed by atoms with van der Waals surface area (Å²) < 4.78 is 1.99. The number of carbonyl (C=O) groups excluding carboxylic acids is 1. The van der Waals surface area contributed by atoms with Crippen LogP contribution in [-0.2, 0) is 18.3 Å². The molecule has 2 heterocycles. The molecule has 0 atom stereocenters. The molecule has 33 heavy (non-hydrogen) atoms. The van der Waals surface area contributed by atoms with Gasteiger partial charge < -0.3 is 14.6 Å². The van der Waals surface area contributed by atoms with Gasteiger partial charge in [0.2, 0.25) is 0 Å². The van der Waals surface area contributed by atoms with Gasteiger partial charge in [0, 0.05) is 54.1 Å². The van der Waals surface area contributed by atoms with Crippen LogP contribution in [0.15, 0.2) is 30.3 Å². The van der Waals surface area contributed by atoms with Crippen molar-refractivity contribution in [2.75, 3.05) is 13.1 Å². The van der Waals surface area contributed by atoms with Crippen LogP contribution in [-0.4, -0.2) is 39.5 Å². The summed E-state index contributed by atoms with van der Waals surface area (Å²) in [6.07, 6.45) is 1.87. The molecule has 0 unspecified atom stereocenters. The highest BCUT2D eigenvalue weighted by Crippen LogP contribution is 2.35. The zero-order valence-corrected chi connectivity index (χ0v) is 20.9. The SMILES string of the molecule is Cn1c(Cc2c(Cl)ccc(C(=O)N3CCC(CC(=O)O)CC3)c2Cl)cc2c(Cl)cc(Cl)cc21. The minimum Gasteiger partial charge on any atom is -0.481 e. The molecule has 174 valence electrons. The van der Waals surface area contributed by atoms with Crippen molar-refractivity contribution in [3.8, 4) is 0 Å². The van der Waals surface area contributed by atoms with Crippen molar-refractivity contribution in [1.29, 1.82) is 0 Å². The topological polar surface area (TPSA) is 62.5 Å². The Bertz CT molecular complexity index is 1250. The average molecular weight is 528 g/mol. The summed E-state index contributed by atoms with van der Waals surface area (Å²) in [6, 6.07) is 8.87. The largest absolute Gasteiger partial charge is 0.481 e. The first kappa shape index (κ1) is 24.2. The maximum absolute atomic E-state index is 13.2. The number of benzene rings is 2. The molecule has 1 aromatic heterocycles. The second-order valence-corrected chi connectivity index (χ2v) is 10.0. The molecule has 1 amide bonds. The Morgan fingerprint density at radius 1 is 1.03 bits per heavy atom. The number of likely N-dealkylation sites (tertiary alicyclic amines) is 1. The van der Waals surface area contributed by atoms with Crippen molar-refractivity contribution < 1.29 is 14.7 Å². The van der Waals surface area contributed by atoms with E-state index in [0.717, 1.165) is 16.6 Å². The predicted molar refractivity (Wildman–Crippen MR) is 133 cm³/mol. The van der Waals surface area contributed by atoms with Gasteiger partial charge in [0.1, 0.15) is 0 Å². The molecule has 4 rings (SSSR count). The third kappa shape index (κ3) is 4.97. The maximum atomic E-state index is 13.2. The van der Waals surface area contributed by atoms with Gasteiger partial charge in [-0.15, -0.1) is 0 Å². The van der Waals surface area contributed by atoms with Gasteiger partial charge in [-0.2, -0.15) is 0 Å². The van der Waals surface area contributed by atoms with Gasteiger partial charge in [-0.25, -0.2) is 0 Å². The van der Waals surface area contributed by atoms with Gasteiger partial charge in [0.15, 0.2) is 0 Å². The Morgan fingerprint density at radius 2 is 1.73 bits per heavy atom. The number of rotatable bonds is 5. The first-order valence-electron chi connectivity index (χ1n) is 10.6. The number of carboxylic acids is 1. The van der Waals surface area contributed by atoms with Crippen LogP contribution in [0.1, 0.15) is 40.9 Å². The van der Waals surface area contributed by atoms with E-state index in [-0.39, 0.29) is 18.2 Å². The molecule has 9 heteroatoms. The van der Waals surface area contributed by atoms with Crippen LogP contribution in [0.2, 0.25) is 20.1 Å². The van der Waals surface area contributed by atoms with E-state index in [0.29, 0.717) is 63.6 Å². The van der Waals surface area contributed by atoms with E-state index in [1.54, 1.807) is 23.1 Å². The molecule has 1 fully saturated rings. The number of carbonyl (C=O) groups is 2. The van der Waals surface area contributed by atoms with E-state index < -0.39 is 5.97 Å². The minimum atomic E-state index is -0.804. The lowest BCUT2D eigenvalue weighted by Gasteiger charge is -2.31. The van der Waals surface area contributed by atoms with Crippen LogP contribution in [0.5, 0.6) is 0 Å². The van der Waals surface area contributed by atoms with Gasteiger partial charge in [-0.05, 0) is 54.7 Å². The van der Waals surface area contributed by atoms with Crippen LogP contribution in [0, 0.1) is 5.92 Å². The van der Waals surface area contributed by atoms with Crippen LogP contribution in [0.4, 0.5) is 0 Å². The molecule has 0 aliphatic carbocycles. The molecule has 2 aromatic carbocycles. The Kier molecular flexibility index (Phi) is 7.15. The third-order valence-electron chi connectivity index (χ3n) is 6.31. The molecular weight excluding hydrogens is 506 g/mol. The molecule has 1 aliphatic rings. The van der Waals surface area contributed by atoms with Crippen LogP contribution in [0.3, 0.4) is 0 Å². The number of piperidine rings is 1. The van der Waals surface area contributed by atoms with Crippen molar-refractivity contribution in [2.45, 2.75) is 25.7 Å². The Balaban J connectivity index is 1.60. The number of hydrogen-bond donors (Lipinski definition) is 1. The van der Waals surface area contributed by atoms with E-state index in [1.807, 2.05) is 23.7 Å².